The van der Waals surface area contributed by atoms with E-state index in [1.807, 2.05) is 6.07 Å². The molecule has 0 radical (unpaired) electrons. The van der Waals surface area contributed by atoms with Gasteiger partial charge in [-0.25, -0.2) is 0 Å². The number of fused-ring (bicyclic) bond motifs is 1. The highest BCUT2D eigenvalue weighted by Crippen LogP contribution is 2.31. The molecule has 0 saturated heterocycles. The maximum atomic E-state index is 6.06. The lowest BCUT2D eigenvalue weighted by Crippen LogP contribution is -2.37. The van der Waals surface area contributed by atoms with Crippen molar-refractivity contribution >= 4 is 15.9 Å². The number of nitrogens with two attached hydrogens (primary N) is 1. The van der Waals surface area contributed by atoms with E-state index in [1.54, 1.807) is 0 Å². The molecule has 104 valence electrons. The fraction of sp³-hybridized carbons (Fsp3) is 0.294. The lowest BCUT2D eigenvalue weighted by Gasteiger charge is -2.35. The Hall–Kier alpha value is -1.16. The Balaban J connectivity index is 1.87. The van der Waals surface area contributed by atoms with Crippen LogP contribution in [0.4, 0.5) is 0 Å². The second kappa shape index (κ2) is 6.08. The van der Waals surface area contributed by atoms with Crippen molar-refractivity contribution in [1.82, 2.24) is 4.90 Å². The van der Waals surface area contributed by atoms with Gasteiger partial charge in [-0.1, -0.05) is 58.4 Å². The summed E-state index contributed by atoms with van der Waals surface area (Å²) >= 11 is 3.65. The van der Waals surface area contributed by atoms with Crippen LogP contribution in [0, 0.1) is 0 Å². The third-order valence-corrected chi connectivity index (χ3v) is 4.81. The third-order valence-electron chi connectivity index (χ3n) is 4.09. The van der Waals surface area contributed by atoms with E-state index in [1.165, 1.54) is 16.7 Å². The van der Waals surface area contributed by atoms with Crippen LogP contribution in [-0.2, 0) is 13.0 Å². The van der Waals surface area contributed by atoms with Crippen LogP contribution in [0.2, 0.25) is 0 Å². The van der Waals surface area contributed by atoms with E-state index in [0.717, 1.165) is 24.0 Å². The number of hydrogen-bond acceptors (Lipinski definition) is 2. The molecule has 0 amide bonds. The molecule has 0 aliphatic carbocycles. The molecule has 1 aliphatic heterocycles. The van der Waals surface area contributed by atoms with Crippen LogP contribution in [0.15, 0.2) is 53.0 Å². The van der Waals surface area contributed by atoms with Gasteiger partial charge in [0.1, 0.15) is 0 Å². The molecular formula is C17H19BrN2. The number of benzene rings is 2. The van der Waals surface area contributed by atoms with Crippen LogP contribution >= 0.6 is 15.9 Å². The molecule has 1 heterocycles. The Morgan fingerprint density at radius 2 is 1.75 bits per heavy atom. The van der Waals surface area contributed by atoms with E-state index >= 15 is 0 Å². The zero-order chi connectivity index (χ0) is 13.9. The second-order valence-electron chi connectivity index (χ2n) is 5.26. The van der Waals surface area contributed by atoms with Crippen molar-refractivity contribution in [1.29, 1.82) is 0 Å². The van der Waals surface area contributed by atoms with E-state index in [9.17, 15) is 0 Å². The number of hydrogen-bond donors (Lipinski definition) is 1. The Kier molecular flexibility index (Phi) is 4.20. The third kappa shape index (κ3) is 2.66. The zero-order valence-electron chi connectivity index (χ0n) is 11.4. The summed E-state index contributed by atoms with van der Waals surface area (Å²) in [6, 6.07) is 17.4. The highest BCUT2D eigenvalue weighted by molar-refractivity contribution is 9.10. The Labute approximate surface area is 128 Å². The van der Waals surface area contributed by atoms with Gasteiger partial charge in [0.15, 0.2) is 0 Å². The van der Waals surface area contributed by atoms with Crippen molar-refractivity contribution in [2.75, 3.05) is 13.1 Å². The molecule has 0 bridgehead atoms. The molecule has 0 saturated carbocycles. The van der Waals surface area contributed by atoms with Crippen molar-refractivity contribution in [3.63, 3.8) is 0 Å². The maximum absolute atomic E-state index is 6.06. The van der Waals surface area contributed by atoms with Gasteiger partial charge in [0.2, 0.25) is 0 Å². The first-order valence-corrected chi connectivity index (χ1v) is 7.84. The number of halogens is 1. The van der Waals surface area contributed by atoms with Gasteiger partial charge >= 0.3 is 0 Å². The quantitative estimate of drug-likeness (QED) is 0.933. The van der Waals surface area contributed by atoms with Crippen LogP contribution in [0.25, 0.3) is 0 Å². The van der Waals surface area contributed by atoms with Crippen molar-refractivity contribution in [2.24, 2.45) is 5.73 Å². The van der Waals surface area contributed by atoms with Crippen LogP contribution in [0.3, 0.4) is 0 Å². The minimum absolute atomic E-state index is 0.277. The van der Waals surface area contributed by atoms with Crippen molar-refractivity contribution < 1.29 is 0 Å². The first kappa shape index (κ1) is 13.8. The van der Waals surface area contributed by atoms with Gasteiger partial charge < -0.3 is 5.73 Å². The molecule has 2 nitrogen and oxygen atoms in total. The minimum Gasteiger partial charge on any atom is -0.329 e. The molecule has 2 aromatic rings. The van der Waals surface area contributed by atoms with Crippen LogP contribution < -0.4 is 5.73 Å². The maximum Gasteiger partial charge on any atom is 0.0485 e. The van der Waals surface area contributed by atoms with Gasteiger partial charge in [0, 0.05) is 30.1 Å². The number of rotatable bonds is 3. The topological polar surface area (TPSA) is 29.3 Å². The van der Waals surface area contributed by atoms with Crippen LogP contribution in [-0.4, -0.2) is 18.0 Å². The predicted octanol–water partition coefficient (Wildman–Crippen LogP) is 3.51. The summed E-state index contributed by atoms with van der Waals surface area (Å²) in [4.78, 5) is 2.49. The first-order chi connectivity index (χ1) is 9.79. The molecule has 2 aromatic carbocycles. The van der Waals surface area contributed by atoms with Gasteiger partial charge in [-0.05, 0) is 29.2 Å². The summed E-state index contributed by atoms with van der Waals surface area (Å²) in [5.74, 6) is 0. The largest absolute Gasteiger partial charge is 0.329 e. The van der Waals surface area contributed by atoms with Crippen LogP contribution in [0.1, 0.15) is 22.7 Å². The fourth-order valence-corrected chi connectivity index (χ4v) is 3.55. The Morgan fingerprint density at radius 3 is 2.50 bits per heavy atom. The smallest absolute Gasteiger partial charge is 0.0485 e. The first-order valence-electron chi connectivity index (χ1n) is 7.05. The van der Waals surface area contributed by atoms with E-state index < -0.39 is 0 Å². The molecule has 3 rings (SSSR count). The summed E-state index contributed by atoms with van der Waals surface area (Å²) in [6.45, 7) is 2.70. The molecular weight excluding hydrogens is 312 g/mol. The SMILES string of the molecule is NCC(c1ccccc1Br)N1CCc2ccccc2C1. The monoisotopic (exact) mass is 330 g/mol. The molecule has 0 aromatic heterocycles. The Morgan fingerprint density at radius 1 is 1.05 bits per heavy atom. The van der Waals surface area contributed by atoms with Crippen molar-refractivity contribution in [2.45, 2.75) is 19.0 Å². The summed E-state index contributed by atoms with van der Waals surface area (Å²) in [6.07, 6.45) is 1.11. The molecule has 1 unspecified atom stereocenters. The van der Waals surface area contributed by atoms with Gasteiger partial charge in [0.05, 0.1) is 0 Å². The van der Waals surface area contributed by atoms with E-state index in [0.29, 0.717) is 6.54 Å². The molecule has 0 fully saturated rings. The summed E-state index contributed by atoms with van der Waals surface area (Å²) in [5, 5.41) is 0. The van der Waals surface area contributed by atoms with Crippen molar-refractivity contribution in [3.8, 4) is 0 Å². The van der Waals surface area contributed by atoms with Gasteiger partial charge in [-0.2, -0.15) is 0 Å². The molecule has 2 N–H and O–H groups in total. The standard InChI is InChI=1S/C17H19BrN2/c18-16-8-4-3-7-15(16)17(11-19)20-10-9-13-5-1-2-6-14(13)12-20/h1-8,17H,9-12,19H2. The minimum atomic E-state index is 0.277. The summed E-state index contributed by atoms with van der Waals surface area (Å²) < 4.78 is 1.15. The molecule has 1 aliphatic rings. The van der Waals surface area contributed by atoms with Gasteiger partial charge in [0.25, 0.3) is 0 Å². The van der Waals surface area contributed by atoms with Gasteiger partial charge in [-0.3, -0.25) is 4.90 Å². The predicted molar refractivity (Wildman–Crippen MR) is 86.5 cm³/mol. The zero-order valence-corrected chi connectivity index (χ0v) is 13.0. The highest BCUT2D eigenvalue weighted by atomic mass is 79.9. The average Bonchev–Trinajstić information content (AvgIpc) is 2.50. The lowest BCUT2D eigenvalue weighted by molar-refractivity contribution is 0.183. The molecule has 20 heavy (non-hydrogen) atoms. The fourth-order valence-electron chi connectivity index (χ4n) is 3.00. The van der Waals surface area contributed by atoms with E-state index in [4.69, 9.17) is 5.73 Å². The molecule has 0 spiro atoms. The normalized spacial score (nSPS) is 16.7. The van der Waals surface area contributed by atoms with E-state index in [2.05, 4.69) is 63.3 Å². The van der Waals surface area contributed by atoms with Crippen LogP contribution in [0.5, 0.6) is 0 Å². The summed E-state index contributed by atoms with van der Waals surface area (Å²) in [7, 11) is 0. The molecule has 3 heteroatoms. The second-order valence-corrected chi connectivity index (χ2v) is 6.12. The molecule has 1 atom stereocenters. The summed E-state index contributed by atoms with van der Waals surface area (Å²) in [5.41, 5.74) is 10.3. The highest BCUT2D eigenvalue weighted by Gasteiger charge is 2.24. The van der Waals surface area contributed by atoms with E-state index in [-0.39, 0.29) is 6.04 Å². The van der Waals surface area contributed by atoms with Gasteiger partial charge in [-0.15, -0.1) is 0 Å². The Bertz CT molecular complexity index is 597. The average molecular weight is 331 g/mol. The number of nitrogens with zero attached hydrogens (tertiary/aromatic N) is 1. The lowest BCUT2D eigenvalue weighted by atomic mass is 9.96. The van der Waals surface area contributed by atoms with Crippen molar-refractivity contribution in [3.05, 3.63) is 69.7 Å².